The molecule has 1 N–H and O–H groups in total. The molecule has 0 saturated carbocycles. The van der Waals surface area contributed by atoms with E-state index in [-0.39, 0.29) is 12.5 Å². The maximum absolute atomic E-state index is 12.1. The van der Waals surface area contributed by atoms with Gasteiger partial charge in [0.15, 0.2) is 0 Å². The summed E-state index contributed by atoms with van der Waals surface area (Å²) in [5, 5.41) is 13.0. The molecule has 1 fully saturated rings. The maximum atomic E-state index is 12.1. The third-order valence-corrected chi connectivity index (χ3v) is 3.23. The second-order valence-corrected chi connectivity index (χ2v) is 4.75. The molecule has 0 aromatic carbocycles. The van der Waals surface area contributed by atoms with Crippen molar-refractivity contribution in [2.75, 3.05) is 13.1 Å². The van der Waals surface area contributed by atoms with Gasteiger partial charge in [-0.2, -0.15) is 5.10 Å². The number of amides is 1. The molecule has 17 heavy (non-hydrogen) atoms. The fourth-order valence-electron chi connectivity index (χ4n) is 2.02. The van der Waals surface area contributed by atoms with E-state index in [0.29, 0.717) is 18.5 Å². The van der Waals surface area contributed by atoms with Crippen LogP contribution in [0.4, 0.5) is 0 Å². The van der Waals surface area contributed by atoms with Crippen molar-refractivity contribution in [3.05, 3.63) is 18.0 Å². The fraction of sp³-hybridized carbons (Fsp3) is 0.545. The van der Waals surface area contributed by atoms with Crippen LogP contribution < -0.4 is 0 Å². The largest absolute Gasteiger partial charge is 0.481 e. The van der Waals surface area contributed by atoms with Crippen LogP contribution in [0.15, 0.2) is 12.4 Å². The number of carbonyl (C=O) groups excluding carboxylic acids is 1. The highest BCUT2D eigenvalue weighted by Gasteiger charge is 2.42. The number of aryl methyl sites for hydroxylation is 1. The Balaban J connectivity index is 2.11. The van der Waals surface area contributed by atoms with Crippen LogP contribution in [0.5, 0.6) is 0 Å². The summed E-state index contributed by atoms with van der Waals surface area (Å²) >= 11 is 0. The predicted molar refractivity (Wildman–Crippen MR) is 59.5 cm³/mol. The highest BCUT2D eigenvalue weighted by atomic mass is 16.4. The number of aromatic nitrogens is 2. The van der Waals surface area contributed by atoms with Crippen molar-refractivity contribution >= 4 is 11.9 Å². The molecule has 0 bridgehead atoms. The SMILES string of the molecule is Cn1cc(C(=O)N2CC[C@](C)(C(=O)O)C2)cn1. The first-order chi connectivity index (χ1) is 7.92. The Morgan fingerprint density at radius 3 is 2.71 bits per heavy atom. The molecule has 1 aliphatic rings. The highest BCUT2D eigenvalue weighted by molar-refractivity contribution is 5.94. The fourth-order valence-corrected chi connectivity index (χ4v) is 2.02. The summed E-state index contributed by atoms with van der Waals surface area (Å²) in [6.45, 7) is 2.42. The van der Waals surface area contributed by atoms with E-state index in [0.717, 1.165) is 0 Å². The summed E-state index contributed by atoms with van der Waals surface area (Å²) < 4.78 is 1.56. The monoisotopic (exact) mass is 237 g/mol. The van der Waals surface area contributed by atoms with Crippen LogP contribution in [0.25, 0.3) is 0 Å². The summed E-state index contributed by atoms with van der Waals surface area (Å²) in [6, 6.07) is 0. The van der Waals surface area contributed by atoms with Crippen LogP contribution in [0.2, 0.25) is 0 Å². The minimum atomic E-state index is -0.848. The van der Waals surface area contributed by atoms with Crippen molar-refractivity contribution < 1.29 is 14.7 Å². The minimum absolute atomic E-state index is 0.150. The van der Waals surface area contributed by atoms with E-state index in [1.807, 2.05) is 0 Å². The average molecular weight is 237 g/mol. The van der Waals surface area contributed by atoms with Gasteiger partial charge >= 0.3 is 5.97 Å². The molecule has 1 amide bonds. The number of carboxylic acid groups (broad SMARTS) is 1. The first-order valence-corrected chi connectivity index (χ1v) is 5.44. The Hall–Kier alpha value is -1.85. The van der Waals surface area contributed by atoms with E-state index in [9.17, 15) is 9.59 Å². The molecule has 0 aliphatic carbocycles. The lowest BCUT2D eigenvalue weighted by atomic mass is 9.90. The molecule has 6 nitrogen and oxygen atoms in total. The molecular formula is C11H15N3O3. The molecule has 1 atom stereocenters. The molecule has 1 saturated heterocycles. The number of hydrogen-bond donors (Lipinski definition) is 1. The van der Waals surface area contributed by atoms with Crippen LogP contribution in [0, 0.1) is 5.41 Å². The van der Waals surface area contributed by atoms with E-state index >= 15 is 0 Å². The van der Waals surface area contributed by atoms with E-state index in [1.165, 1.54) is 6.20 Å². The molecular weight excluding hydrogens is 222 g/mol. The van der Waals surface area contributed by atoms with Crippen molar-refractivity contribution in [3.63, 3.8) is 0 Å². The van der Waals surface area contributed by atoms with Gasteiger partial charge in [0.25, 0.3) is 5.91 Å². The molecule has 1 aliphatic heterocycles. The number of rotatable bonds is 2. The molecule has 1 aromatic heterocycles. The second kappa shape index (κ2) is 3.87. The number of aliphatic carboxylic acids is 1. The van der Waals surface area contributed by atoms with Crippen LogP contribution in [-0.2, 0) is 11.8 Å². The highest BCUT2D eigenvalue weighted by Crippen LogP contribution is 2.30. The molecule has 1 aromatic rings. The Morgan fingerprint density at radius 1 is 1.53 bits per heavy atom. The van der Waals surface area contributed by atoms with Crippen molar-refractivity contribution in [2.45, 2.75) is 13.3 Å². The number of carbonyl (C=O) groups is 2. The lowest BCUT2D eigenvalue weighted by Gasteiger charge is -2.19. The van der Waals surface area contributed by atoms with Crippen molar-refractivity contribution in [1.29, 1.82) is 0 Å². The van der Waals surface area contributed by atoms with Gasteiger partial charge in [-0.1, -0.05) is 0 Å². The summed E-state index contributed by atoms with van der Waals surface area (Å²) in [7, 11) is 1.74. The zero-order valence-corrected chi connectivity index (χ0v) is 9.88. The second-order valence-electron chi connectivity index (χ2n) is 4.75. The molecule has 0 unspecified atom stereocenters. The summed E-state index contributed by atoms with van der Waals surface area (Å²) in [6.07, 6.45) is 3.63. The lowest BCUT2D eigenvalue weighted by Crippen LogP contribution is -2.34. The zero-order valence-electron chi connectivity index (χ0n) is 9.88. The van der Waals surface area contributed by atoms with Crippen molar-refractivity contribution in [2.24, 2.45) is 12.5 Å². The van der Waals surface area contributed by atoms with Crippen LogP contribution >= 0.6 is 0 Å². The standard InChI is InChI=1S/C11H15N3O3/c1-11(10(16)17)3-4-14(7-11)9(15)8-5-12-13(2)6-8/h5-6H,3-4,7H2,1-2H3,(H,16,17)/t11-/m0/s1. The van der Waals surface area contributed by atoms with Gasteiger partial charge in [0, 0.05) is 26.3 Å². The molecule has 0 spiro atoms. The van der Waals surface area contributed by atoms with E-state index in [4.69, 9.17) is 5.11 Å². The molecule has 2 rings (SSSR count). The summed E-state index contributed by atoms with van der Waals surface area (Å²) in [5.41, 5.74) is -0.320. The van der Waals surface area contributed by atoms with Gasteiger partial charge in [0.2, 0.25) is 0 Å². The van der Waals surface area contributed by atoms with Gasteiger partial charge in [0.05, 0.1) is 17.2 Å². The number of nitrogens with zero attached hydrogens (tertiary/aromatic N) is 3. The number of carboxylic acids is 1. The van der Waals surface area contributed by atoms with E-state index in [2.05, 4.69) is 5.10 Å². The van der Waals surface area contributed by atoms with Crippen LogP contribution in [-0.4, -0.2) is 44.8 Å². The first-order valence-electron chi connectivity index (χ1n) is 5.44. The van der Waals surface area contributed by atoms with Gasteiger partial charge in [-0.15, -0.1) is 0 Å². The van der Waals surface area contributed by atoms with Gasteiger partial charge in [-0.05, 0) is 13.3 Å². The Labute approximate surface area is 98.8 Å². The minimum Gasteiger partial charge on any atom is -0.481 e. The third kappa shape index (κ3) is 2.02. The Bertz CT molecular complexity index is 468. The quantitative estimate of drug-likeness (QED) is 0.805. The smallest absolute Gasteiger partial charge is 0.311 e. The van der Waals surface area contributed by atoms with Crippen molar-refractivity contribution in [3.8, 4) is 0 Å². The molecule has 0 radical (unpaired) electrons. The van der Waals surface area contributed by atoms with Gasteiger partial charge < -0.3 is 10.0 Å². The summed E-state index contributed by atoms with van der Waals surface area (Å²) in [5.74, 6) is -0.998. The molecule has 2 heterocycles. The number of hydrogen-bond acceptors (Lipinski definition) is 3. The molecule has 6 heteroatoms. The maximum Gasteiger partial charge on any atom is 0.311 e. The third-order valence-electron chi connectivity index (χ3n) is 3.23. The van der Waals surface area contributed by atoms with Crippen molar-refractivity contribution in [1.82, 2.24) is 14.7 Å². The van der Waals surface area contributed by atoms with Gasteiger partial charge in [-0.25, -0.2) is 0 Å². The summed E-state index contributed by atoms with van der Waals surface area (Å²) in [4.78, 5) is 24.7. The van der Waals surface area contributed by atoms with Gasteiger partial charge in [0.1, 0.15) is 0 Å². The predicted octanol–water partition coefficient (Wildman–Crippen LogP) is 0.357. The van der Waals surface area contributed by atoms with E-state index in [1.54, 1.807) is 29.7 Å². The normalized spacial score (nSPS) is 24.0. The Morgan fingerprint density at radius 2 is 2.24 bits per heavy atom. The molecule has 92 valence electrons. The zero-order chi connectivity index (χ0) is 12.6. The van der Waals surface area contributed by atoms with E-state index < -0.39 is 11.4 Å². The van der Waals surface area contributed by atoms with Crippen LogP contribution in [0.1, 0.15) is 23.7 Å². The lowest BCUT2D eigenvalue weighted by molar-refractivity contribution is -0.147. The van der Waals surface area contributed by atoms with Crippen LogP contribution in [0.3, 0.4) is 0 Å². The first kappa shape index (κ1) is 11.6. The van der Waals surface area contributed by atoms with Gasteiger partial charge in [-0.3, -0.25) is 14.3 Å². The number of likely N-dealkylation sites (tertiary alicyclic amines) is 1. The topological polar surface area (TPSA) is 75.4 Å². The average Bonchev–Trinajstić information content (AvgIpc) is 2.85. The Kier molecular flexibility index (Phi) is 2.65.